The Hall–Kier alpha value is -2.76. The Morgan fingerprint density at radius 2 is 0.391 bits per heavy atom. The Morgan fingerprint density at radius 3 is 0.576 bits per heavy atom. The molecule has 92 heavy (non-hydrogen) atoms. The summed E-state index contributed by atoms with van der Waals surface area (Å²) in [5, 5.41) is 0. The van der Waals surface area contributed by atoms with Crippen molar-refractivity contribution in [2.24, 2.45) is 0 Å². The first-order valence-corrected chi connectivity index (χ1v) is 42.1. The van der Waals surface area contributed by atoms with Gasteiger partial charge in [-0.1, -0.05) is 362 Å². The van der Waals surface area contributed by atoms with Crippen LogP contribution in [0.3, 0.4) is 0 Å². The van der Waals surface area contributed by atoms with Gasteiger partial charge in [-0.2, -0.15) is 0 Å². The maximum Gasteiger partial charge on any atom is 0.222 e. The lowest BCUT2D eigenvalue weighted by molar-refractivity contribution is -0.697. The van der Waals surface area contributed by atoms with Crippen LogP contribution in [-0.2, 0) is 22.7 Å². The molecule has 6 nitrogen and oxygen atoms in total. The van der Waals surface area contributed by atoms with E-state index in [1.165, 1.54) is 371 Å². The number of pyridine rings is 2. The molecule has 0 aliphatic rings. The predicted octanol–water partition coefficient (Wildman–Crippen LogP) is 26.6. The van der Waals surface area contributed by atoms with Crippen molar-refractivity contribution in [2.45, 2.75) is 452 Å². The molecule has 0 aliphatic carbocycles. The van der Waals surface area contributed by atoms with Crippen molar-refractivity contribution in [1.29, 1.82) is 0 Å². The number of amides is 2. The van der Waals surface area contributed by atoms with E-state index in [1.54, 1.807) is 0 Å². The van der Waals surface area contributed by atoms with Crippen LogP contribution < -0.4 is 9.13 Å². The van der Waals surface area contributed by atoms with Crippen LogP contribution in [0.1, 0.15) is 439 Å². The summed E-state index contributed by atoms with van der Waals surface area (Å²) in [6.07, 6.45) is 93.7. The van der Waals surface area contributed by atoms with Gasteiger partial charge < -0.3 is 9.80 Å². The topological polar surface area (TPSA) is 48.4 Å². The van der Waals surface area contributed by atoms with E-state index in [9.17, 15) is 9.59 Å². The van der Waals surface area contributed by atoms with Crippen LogP contribution in [0.2, 0.25) is 0 Å². The minimum absolute atomic E-state index is 0.403. The lowest BCUT2D eigenvalue weighted by atomic mass is 10.0. The monoisotopic (exact) mass is 1280 g/mol. The van der Waals surface area contributed by atoms with Crippen molar-refractivity contribution in [2.75, 3.05) is 26.2 Å². The summed E-state index contributed by atoms with van der Waals surface area (Å²) in [5.41, 5.74) is 2.51. The lowest BCUT2D eigenvalue weighted by Gasteiger charge is -2.23. The average molecular weight is 1280 g/mol. The largest absolute Gasteiger partial charge is 0.343 e. The second kappa shape index (κ2) is 68.2. The zero-order chi connectivity index (χ0) is 65.8. The SMILES string of the molecule is CCCCCCCCCCCCCCCCN(CCCCCCCCCCCCCCCC)C(=O)CCCCC[n+]1ccc(-c2cc[n+](CCCCCC(=O)N(CCCCCCCCCCCCCCCC)CCCCCCCCCCCCCCCC)cc2)cc1. The highest BCUT2D eigenvalue weighted by molar-refractivity contribution is 5.76. The van der Waals surface area contributed by atoms with Crippen LogP contribution in [-0.4, -0.2) is 47.8 Å². The number of unbranched alkanes of at least 4 members (excludes halogenated alkanes) is 56. The zero-order valence-electron chi connectivity index (χ0n) is 62.7. The summed E-state index contributed by atoms with van der Waals surface area (Å²) in [6.45, 7) is 15.0. The van der Waals surface area contributed by atoms with E-state index in [4.69, 9.17) is 0 Å². The van der Waals surface area contributed by atoms with Crippen LogP contribution >= 0.6 is 0 Å². The Bertz CT molecular complexity index is 1620. The van der Waals surface area contributed by atoms with Gasteiger partial charge in [-0.05, 0) is 62.5 Å². The quantitative estimate of drug-likeness (QED) is 0.0489. The first kappa shape index (κ1) is 85.3. The fourth-order valence-electron chi connectivity index (χ4n) is 14.1. The van der Waals surface area contributed by atoms with Crippen molar-refractivity contribution in [3.63, 3.8) is 0 Å². The number of aryl methyl sites for hydroxylation is 2. The molecule has 0 bridgehead atoms. The highest BCUT2D eigenvalue weighted by Crippen LogP contribution is 2.21. The predicted molar refractivity (Wildman–Crippen MR) is 404 cm³/mol. The molecule has 6 heteroatoms. The summed E-state index contributed by atoms with van der Waals surface area (Å²) in [6, 6.07) is 9.03. The molecule has 0 fully saturated rings. The Kier molecular flexibility index (Phi) is 63.2. The van der Waals surface area contributed by atoms with Crippen molar-refractivity contribution >= 4 is 11.8 Å². The molecule has 0 spiro atoms. The van der Waals surface area contributed by atoms with Gasteiger partial charge in [0.15, 0.2) is 24.8 Å². The van der Waals surface area contributed by atoms with Crippen LogP contribution in [0.5, 0.6) is 0 Å². The first-order valence-electron chi connectivity index (χ1n) is 42.1. The molecule has 2 aromatic rings. The molecule has 0 atom stereocenters. The third kappa shape index (κ3) is 54.4. The molecule has 2 aromatic heterocycles. The van der Waals surface area contributed by atoms with E-state index in [2.05, 4.69) is 95.7 Å². The van der Waals surface area contributed by atoms with Crippen molar-refractivity contribution in [1.82, 2.24) is 9.80 Å². The van der Waals surface area contributed by atoms with Gasteiger partial charge in [-0.25, -0.2) is 9.13 Å². The average Bonchev–Trinajstić information content (AvgIpc) is 2.39. The number of hydrogen-bond donors (Lipinski definition) is 0. The normalized spacial score (nSPS) is 11.6. The molecule has 0 aliphatic heterocycles. The highest BCUT2D eigenvalue weighted by atomic mass is 16.2. The highest BCUT2D eigenvalue weighted by Gasteiger charge is 2.16. The van der Waals surface area contributed by atoms with E-state index in [0.29, 0.717) is 24.7 Å². The van der Waals surface area contributed by atoms with E-state index in [-0.39, 0.29) is 0 Å². The third-order valence-electron chi connectivity index (χ3n) is 20.6. The standard InChI is InChI=1S/C86H160N4O2/c1-5-9-13-17-21-25-29-33-37-41-45-49-53-63-75-89(76-64-54-50-46-42-38-34-30-26-22-18-14-10-6-2)85(91)67-59-57-61-73-87-79-69-83(70-80-87)84-71-81-88(82-72-84)74-62-58-60-68-86(92)90(77-65-55-51-47-43-39-35-31-27-23-19-15-11-7-3)78-66-56-52-48-44-40-36-32-28-24-20-16-12-8-4/h69-72,79-82H,5-68,73-78H2,1-4H3/q+2. The number of aromatic nitrogens is 2. The smallest absolute Gasteiger partial charge is 0.222 e. The van der Waals surface area contributed by atoms with Gasteiger partial charge in [0.1, 0.15) is 13.1 Å². The Morgan fingerprint density at radius 1 is 0.228 bits per heavy atom. The number of carbonyl (C=O) groups is 2. The van der Waals surface area contributed by atoms with Crippen molar-refractivity contribution in [3.8, 4) is 11.1 Å². The molecule has 0 radical (unpaired) electrons. The second-order valence-corrected chi connectivity index (χ2v) is 29.4. The number of carbonyl (C=O) groups excluding carboxylic acids is 2. The summed E-state index contributed by atoms with van der Waals surface area (Å²) >= 11 is 0. The van der Waals surface area contributed by atoms with Crippen LogP contribution in [0, 0.1) is 0 Å². The minimum atomic E-state index is 0.403. The molecule has 2 rings (SSSR count). The Labute approximate surface area is 575 Å². The van der Waals surface area contributed by atoms with Crippen LogP contribution in [0.4, 0.5) is 0 Å². The van der Waals surface area contributed by atoms with Gasteiger partial charge in [-0.3, -0.25) is 9.59 Å². The maximum absolute atomic E-state index is 13.7. The zero-order valence-corrected chi connectivity index (χ0v) is 62.7. The van der Waals surface area contributed by atoms with E-state index in [0.717, 1.165) is 77.8 Å². The molecule has 0 saturated carbocycles. The van der Waals surface area contributed by atoms with Crippen LogP contribution in [0.25, 0.3) is 11.1 Å². The molecule has 0 aromatic carbocycles. The molecular weight excluding hydrogens is 1120 g/mol. The molecule has 0 N–H and O–H groups in total. The first-order chi connectivity index (χ1) is 45.5. The number of nitrogens with zero attached hydrogens (tertiary/aromatic N) is 4. The summed E-state index contributed by atoms with van der Waals surface area (Å²) in [5.74, 6) is 0.805. The molecular formula is C86H160N4O2+2. The molecule has 534 valence electrons. The molecule has 0 saturated heterocycles. The molecule has 2 amide bonds. The Balaban J connectivity index is 1.72. The van der Waals surface area contributed by atoms with Crippen molar-refractivity contribution < 1.29 is 18.7 Å². The van der Waals surface area contributed by atoms with Gasteiger partial charge >= 0.3 is 0 Å². The van der Waals surface area contributed by atoms with Gasteiger partial charge in [0, 0.05) is 76.1 Å². The fraction of sp³-hybridized carbons (Fsp3) is 0.860. The van der Waals surface area contributed by atoms with E-state index in [1.807, 2.05) is 0 Å². The van der Waals surface area contributed by atoms with Gasteiger partial charge in [0.05, 0.1) is 0 Å². The van der Waals surface area contributed by atoms with Gasteiger partial charge in [0.2, 0.25) is 11.8 Å². The summed E-state index contributed by atoms with van der Waals surface area (Å²) in [7, 11) is 0. The summed E-state index contributed by atoms with van der Waals surface area (Å²) in [4.78, 5) is 31.9. The number of hydrogen-bond acceptors (Lipinski definition) is 2. The maximum atomic E-state index is 13.7. The second-order valence-electron chi connectivity index (χ2n) is 29.4. The minimum Gasteiger partial charge on any atom is -0.343 e. The molecule has 2 heterocycles. The number of rotatable bonds is 73. The summed E-state index contributed by atoms with van der Waals surface area (Å²) < 4.78 is 4.63. The van der Waals surface area contributed by atoms with Crippen LogP contribution in [0.15, 0.2) is 49.1 Å². The van der Waals surface area contributed by atoms with Gasteiger partial charge in [0.25, 0.3) is 0 Å². The van der Waals surface area contributed by atoms with Crippen molar-refractivity contribution in [3.05, 3.63) is 49.1 Å². The van der Waals surface area contributed by atoms with E-state index < -0.39 is 0 Å². The lowest BCUT2D eigenvalue weighted by Crippen LogP contribution is -2.33. The fourth-order valence-corrected chi connectivity index (χ4v) is 14.1. The van der Waals surface area contributed by atoms with Gasteiger partial charge in [-0.15, -0.1) is 0 Å². The van der Waals surface area contributed by atoms with E-state index >= 15 is 0 Å². The third-order valence-corrected chi connectivity index (χ3v) is 20.6. The molecule has 0 unspecified atom stereocenters.